The lowest BCUT2D eigenvalue weighted by molar-refractivity contribution is 0.495. The van der Waals surface area contributed by atoms with Crippen LogP contribution in [0.15, 0.2) is 76.6 Å². The van der Waals surface area contributed by atoms with Gasteiger partial charge in [-0.25, -0.2) is 9.37 Å². The van der Waals surface area contributed by atoms with Crippen molar-refractivity contribution in [2.24, 2.45) is 0 Å². The molecular weight excluding hydrogens is 399 g/mol. The number of benzene rings is 2. The molecule has 1 unspecified atom stereocenters. The molecule has 0 aliphatic carbocycles. The van der Waals surface area contributed by atoms with Gasteiger partial charge in [0.05, 0.1) is 6.33 Å². The lowest BCUT2D eigenvalue weighted by Crippen LogP contribution is -2.27. The number of thioether (sulfide) groups is 1. The van der Waals surface area contributed by atoms with Crippen molar-refractivity contribution in [3.8, 4) is 0 Å². The average Bonchev–Trinajstić information content (AvgIpc) is 3.09. The summed E-state index contributed by atoms with van der Waals surface area (Å²) < 4.78 is 16.3. The van der Waals surface area contributed by atoms with Gasteiger partial charge < -0.3 is 4.57 Å². The Morgan fingerprint density at radius 3 is 2.48 bits per heavy atom. The molecule has 0 aliphatic heterocycles. The number of aryl methyl sites for hydroxylation is 1. The Morgan fingerprint density at radius 1 is 1.12 bits per heavy atom. The highest BCUT2D eigenvalue weighted by Gasteiger charge is 2.26. The van der Waals surface area contributed by atoms with Crippen LogP contribution < -0.4 is 0 Å². The molecule has 5 heteroatoms. The van der Waals surface area contributed by atoms with Crippen LogP contribution in [0.5, 0.6) is 0 Å². The largest absolute Gasteiger partial charge is 0.336 e. The number of hydrogen-bond acceptors (Lipinski definition) is 2. The van der Waals surface area contributed by atoms with E-state index in [1.807, 2.05) is 42.6 Å². The fourth-order valence-corrected chi connectivity index (χ4v) is 4.30. The normalized spacial score (nSPS) is 13.6. The van der Waals surface area contributed by atoms with Crippen LogP contribution in [-0.2, 0) is 13.0 Å². The molecule has 130 valence electrons. The Morgan fingerprint density at radius 2 is 1.84 bits per heavy atom. The van der Waals surface area contributed by atoms with Crippen LogP contribution in [-0.4, -0.2) is 14.3 Å². The average molecular weight is 419 g/mol. The van der Waals surface area contributed by atoms with Crippen molar-refractivity contribution in [1.29, 1.82) is 0 Å². The van der Waals surface area contributed by atoms with E-state index in [1.54, 1.807) is 0 Å². The summed E-state index contributed by atoms with van der Waals surface area (Å²) in [4.78, 5) is 5.40. The molecule has 0 N–H and O–H groups in total. The van der Waals surface area contributed by atoms with Gasteiger partial charge in [0.15, 0.2) is 0 Å². The first-order valence-corrected chi connectivity index (χ1v) is 9.78. The summed E-state index contributed by atoms with van der Waals surface area (Å²) in [6.45, 7) is 3.15. The van der Waals surface area contributed by atoms with E-state index in [-0.39, 0.29) is 10.6 Å². The summed E-state index contributed by atoms with van der Waals surface area (Å²) in [7, 11) is 0. The van der Waals surface area contributed by atoms with E-state index >= 15 is 0 Å². The summed E-state index contributed by atoms with van der Waals surface area (Å²) in [5, 5.41) is 0. The van der Waals surface area contributed by atoms with Crippen LogP contribution in [0.4, 0.5) is 4.39 Å². The van der Waals surface area contributed by atoms with Gasteiger partial charge >= 0.3 is 0 Å². The van der Waals surface area contributed by atoms with E-state index in [1.165, 1.54) is 17.0 Å². The minimum absolute atomic E-state index is 0.00289. The Labute approximate surface area is 160 Å². The van der Waals surface area contributed by atoms with Crippen molar-refractivity contribution >= 4 is 27.7 Å². The molecule has 3 rings (SSSR count). The molecule has 2 nitrogen and oxygen atoms in total. The molecule has 0 bridgehead atoms. The van der Waals surface area contributed by atoms with Gasteiger partial charge in [0, 0.05) is 33.1 Å². The van der Waals surface area contributed by atoms with Crippen molar-refractivity contribution < 1.29 is 4.39 Å². The lowest BCUT2D eigenvalue weighted by Gasteiger charge is -2.30. The SMILES string of the molecule is CC(CCc1ccc(F)cc1)(Cn1ccnc1)Sc1ccc(Br)cc1. The van der Waals surface area contributed by atoms with Crippen molar-refractivity contribution in [2.45, 2.75) is 36.0 Å². The minimum Gasteiger partial charge on any atom is -0.336 e. The number of halogens is 2. The zero-order chi connectivity index (χ0) is 17.7. The highest BCUT2D eigenvalue weighted by Crippen LogP contribution is 2.38. The zero-order valence-electron chi connectivity index (χ0n) is 14.0. The van der Waals surface area contributed by atoms with Crippen molar-refractivity contribution in [3.63, 3.8) is 0 Å². The van der Waals surface area contributed by atoms with E-state index in [2.05, 4.69) is 56.7 Å². The molecule has 0 amide bonds. The van der Waals surface area contributed by atoms with Gasteiger partial charge in [0.2, 0.25) is 0 Å². The van der Waals surface area contributed by atoms with Gasteiger partial charge in [-0.05, 0) is 61.7 Å². The van der Waals surface area contributed by atoms with Crippen LogP contribution >= 0.6 is 27.7 Å². The molecule has 2 aromatic carbocycles. The second-order valence-electron chi connectivity index (χ2n) is 6.37. The molecule has 1 aromatic heterocycles. The molecule has 0 fully saturated rings. The smallest absolute Gasteiger partial charge is 0.123 e. The molecule has 0 radical (unpaired) electrons. The highest BCUT2D eigenvalue weighted by molar-refractivity contribution is 9.10. The first kappa shape index (κ1) is 18.2. The predicted molar refractivity (Wildman–Crippen MR) is 105 cm³/mol. The summed E-state index contributed by atoms with van der Waals surface area (Å²) in [5.74, 6) is -0.186. The monoisotopic (exact) mass is 418 g/mol. The summed E-state index contributed by atoms with van der Waals surface area (Å²) in [6.07, 6.45) is 7.56. The van der Waals surface area contributed by atoms with Crippen molar-refractivity contribution in [1.82, 2.24) is 9.55 Å². The van der Waals surface area contributed by atoms with Crippen LogP contribution in [0.3, 0.4) is 0 Å². The number of hydrogen-bond donors (Lipinski definition) is 0. The molecule has 3 aromatic rings. The van der Waals surface area contributed by atoms with Gasteiger partial charge in [-0.3, -0.25) is 0 Å². The van der Waals surface area contributed by atoms with Crippen LogP contribution in [0.25, 0.3) is 0 Å². The van der Waals surface area contributed by atoms with Gasteiger partial charge in [-0.2, -0.15) is 0 Å². The van der Waals surface area contributed by atoms with E-state index in [9.17, 15) is 4.39 Å². The maximum atomic E-state index is 13.1. The lowest BCUT2D eigenvalue weighted by atomic mass is 10.00. The third-order valence-corrected chi connectivity index (χ3v) is 5.97. The van der Waals surface area contributed by atoms with Crippen molar-refractivity contribution in [2.75, 3.05) is 0 Å². The third kappa shape index (κ3) is 5.44. The highest BCUT2D eigenvalue weighted by atomic mass is 79.9. The van der Waals surface area contributed by atoms with E-state index in [0.717, 1.165) is 29.4 Å². The Bertz CT molecular complexity index is 788. The van der Waals surface area contributed by atoms with Crippen molar-refractivity contribution in [3.05, 3.63) is 83.1 Å². The Hall–Kier alpha value is -1.59. The van der Waals surface area contributed by atoms with Gasteiger partial charge in [0.25, 0.3) is 0 Å². The summed E-state index contributed by atoms with van der Waals surface area (Å²) in [6, 6.07) is 15.2. The number of rotatable bonds is 7. The molecule has 1 heterocycles. The maximum Gasteiger partial charge on any atom is 0.123 e. The zero-order valence-corrected chi connectivity index (χ0v) is 16.4. The topological polar surface area (TPSA) is 17.8 Å². The summed E-state index contributed by atoms with van der Waals surface area (Å²) in [5.41, 5.74) is 1.16. The number of nitrogens with zero attached hydrogens (tertiary/aromatic N) is 2. The van der Waals surface area contributed by atoms with Crippen LogP contribution in [0.2, 0.25) is 0 Å². The molecular formula is C20H20BrFN2S. The van der Waals surface area contributed by atoms with E-state index < -0.39 is 0 Å². The van der Waals surface area contributed by atoms with Crippen LogP contribution in [0.1, 0.15) is 18.9 Å². The molecule has 25 heavy (non-hydrogen) atoms. The molecule has 0 aliphatic rings. The first-order valence-electron chi connectivity index (χ1n) is 8.17. The van der Waals surface area contributed by atoms with Crippen LogP contribution in [0, 0.1) is 5.82 Å². The quantitative estimate of drug-likeness (QED) is 0.439. The van der Waals surface area contributed by atoms with Gasteiger partial charge in [-0.1, -0.05) is 28.1 Å². The second-order valence-corrected chi connectivity index (χ2v) is 8.94. The number of imidazole rings is 1. The Kier molecular flexibility index (Phi) is 5.97. The fraction of sp³-hybridized carbons (Fsp3) is 0.250. The Balaban J connectivity index is 1.75. The molecule has 0 saturated heterocycles. The first-order chi connectivity index (χ1) is 12.0. The van der Waals surface area contributed by atoms with E-state index in [4.69, 9.17) is 0 Å². The second kappa shape index (κ2) is 8.19. The minimum atomic E-state index is -0.186. The van der Waals surface area contributed by atoms with E-state index in [0.29, 0.717) is 0 Å². The molecule has 0 saturated carbocycles. The molecule has 1 atom stereocenters. The summed E-state index contributed by atoms with van der Waals surface area (Å²) >= 11 is 5.37. The standard InChI is InChI=1S/C20H20BrFN2S/c1-20(14-24-13-12-23-15-24,25-19-8-4-17(21)5-9-19)11-10-16-2-6-18(22)7-3-16/h2-9,12-13,15H,10-11,14H2,1H3. The van der Waals surface area contributed by atoms with Gasteiger partial charge in [-0.15, -0.1) is 11.8 Å². The fourth-order valence-electron chi connectivity index (χ4n) is 2.78. The number of aromatic nitrogens is 2. The van der Waals surface area contributed by atoms with Gasteiger partial charge in [0.1, 0.15) is 5.82 Å². The third-order valence-electron chi connectivity index (χ3n) is 4.11. The maximum absolute atomic E-state index is 13.1. The predicted octanol–water partition coefficient (Wildman–Crippen LogP) is 5.97. The molecule has 0 spiro atoms.